The summed E-state index contributed by atoms with van der Waals surface area (Å²) in [6.07, 6.45) is 1.33. The van der Waals surface area contributed by atoms with Crippen molar-refractivity contribution < 1.29 is 14.6 Å². The number of esters is 1. The molecular formula is C31H35NO3. The van der Waals surface area contributed by atoms with Gasteiger partial charge in [0.25, 0.3) is 0 Å². The maximum atomic E-state index is 13.8. The van der Waals surface area contributed by atoms with Crippen molar-refractivity contribution in [3.05, 3.63) is 107 Å². The first-order valence-corrected chi connectivity index (χ1v) is 12.6. The third-order valence-corrected chi connectivity index (χ3v) is 8.58. The fourth-order valence-corrected chi connectivity index (χ4v) is 6.70. The number of benzene rings is 3. The van der Waals surface area contributed by atoms with Crippen molar-refractivity contribution >= 4 is 5.97 Å². The lowest BCUT2D eigenvalue weighted by Gasteiger charge is -2.51. The van der Waals surface area contributed by atoms with Crippen LogP contribution in [0.25, 0.3) is 0 Å². The summed E-state index contributed by atoms with van der Waals surface area (Å²) in [5, 5.41) is 12.5. The van der Waals surface area contributed by atoms with Gasteiger partial charge in [-0.25, -0.2) is 0 Å². The van der Waals surface area contributed by atoms with Crippen LogP contribution in [-0.4, -0.2) is 36.2 Å². The van der Waals surface area contributed by atoms with E-state index in [9.17, 15) is 9.90 Å². The lowest BCUT2D eigenvalue weighted by atomic mass is 9.53. The van der Waals surface area contributed by atoms with Gasteiger partial charge in [-0.1, -0.05) is 78.9 Å². The summed E-state index contributed by atoms with van der Waals surface area (Å²) in [6.45, 7) is 6.11. The van der Waals surface area contributed by atoms with E-state index in [1.165, 1.54) is 18.2 Å². The number of carbonyl (C=O) groups is 1. The van der Waals surface area contributed by atoms with Gasteiger partial charge in [0, 0.05) is 31.5 Å². The van der Waals surface area contributed by atoms with Gasteiger partial charge in [0.05, 0.1) is 18.1 Å². The van der Waals surface area contributed by atoms with E-state index in [1.54, 1.807) is 0 Å². The molecule has 1 saturated heterocycles. The minimum atomic E-state index is -1.11. The molecule has 1 saturated carbocycles. The van der Waals surface area contributed by atoms with Crippen LogP contribution in [-0.2, 0) is 21.7 Å². The summed E-state index contributed by atoms with van der Waals surface area (Å²) >= 11 is 0. The van der Waals surface area contributed by atoms with Crippen LogP contribution in [0.1, 0.15) is 46.6 Å². The second kappa shape index (κ2) is 9.25. The molecule has 0 spiro atoms. The second-order valence-electron chi connectivity index (χ2n) is 10.5. The van der Waals surface area contributed by atoms with Gasteiger partial charge in [-0.3, -0.25) is 9.69 Å². The summed E-state index contributed by atoms with van der Waals surface area (Å²) in [5.74, 6) is -0.519. The number of hydrogen-bond donors (Lipinski definition) is 1. The number of ether oxygens (including phenoxy) is 1. The summed E-state index contributed by atoms with van der Waals surface area (Å²) in [5.41, 5.74) is 3.67. The molecule has 1 aliphatic carbocycles. The van der Waals surface area contributed by atoms with Gasteiger partial charge in [0.2, 0.25) is 0 Å². The van der Waals surface area contributed by atoms with E-state index in [1.807, 2.05) is 42.5 Å². The molecule has 5 rings (SSSR count). The molecule has 35 heavy (non-hydrogen) atoms. The molecule has 3 aromatic rings. The molecular weight excluding hydrogens is 434 g/mol. The minimum Gasteiger partial charge on any atom is -0.469 e. The molecule has 0 bridgehead atoms. The highest BCUT2D eigenvalue weighted by Crippen LogP contribution is 2.61. The number of carbonyl (C=O) groups excluding carboxylic acids is 1. The average Bonchev–Trinajstić information content (AvgIpc) is 3.27. The largest absolute Gasteiger partial charge is 0.469 e. The van der Waals surface area contributed by atoms with E-state index in [-0.39, 0.29) is 17.8 Å². The molecule has 2 aliphatic rings. The highest BCUT2D eigenvalue weighted by molar-refractivity contribution is 5.80. The Morgan fingerprint density at radius 3 is 2.34 bits per heavy atom. The van der Waals surface area contributed by atoms with Crippen LogP contribution in [0.2, 0.25) is 0 Å². The zero-order valence-electron chi connectivity index (χ0n) is 20.9. The first-order chi connectivity index (χ1) is 16.9. The molecule has 4 nitrogen and oxygen atoms in total. The molecule has 4 unspecified atom stereocenters. The van der Waals surface area contributed by atoms with E-state index >= 15 is 0 Å². The van der Waals surface area contributed by atoms with Gasteiger partial charge in [0.1, 0.15) is 0 Å². The van der Waals surface area contributed by atoms with Crippen molar-refractivity contribution in [1.29, 1.82) is 0 Å². The van der Waals surface area contributed by atoms with Crippen molar-refractivity contribution in [2.24, 2.45) is 11.3 Å². The van der Waals surface area contributed by atoms with Gasteiger partial charge in [-0.2, -0.15) is 0 Å². The van der Waals surface area contributed by atoms with Gasteiger partial charge >= 0.3 is 5.97 Å². The molecule has 4 atom stereocenters. The van der Waals surface area contributed by atoms with Gasteiger partial charge in [-0.15, -0.1) is 0 Å². The first kappa shape index (κ1) is 23.8. The third-order valence-electron chi connectivity index (χ3n) is 8.58. The Kier molecular flexibility index (Phi) is 6.29. The molecule has 0 radical (unpaired) electrons. The maximum Gasteiger partial charge on any atom is 0.314 e. The zero-order chi connectivity index (χ0) is 24.6. The number of rotatable bonds is 5. The number of hydrogen-bond acceptors (Lipinski definition) is 4. The number of aryl methyl sites for hydroxylation is 2. The zero-order valence-corrected chi connectivity index (χ0v) is 20.9. The molecule has 0 aromatic heterocycles. The lowest BCUT2D eigenvalue weighted by molar-refractivity contribution is -0.173. The highest BCUT2D eigenvalue weighted by atomic mass is 16.5. The number of fused-ring (bicyclic) bond motifs is 1. The molecule has 4 heteroatoms. The number of nitrogens with zero attached hydrogens (tertiary/aromatic N) is 1. The summed E-state index contributed by atoms with van der Waals surface area (Å²) in [4.78, 5) is 16.2. The van der Waals surface area contributed by atoms with Crippen LogP contribution in [0.4, 0.5) is 0 Å². The Labute approximate surface area is 208 Å². The lowest BCUT2D eigenvalue weighted by Crippen LogP contribution is -2.56. The van der Waals surface area contributed by atoms with Crippen LogP contribution in [0.15, 0.2) is 78.9 Å². The van der Waals surface area contributed by atoms with Crippen molar-refractivity contribution in [2.45, 2.75) is 44.8 Å². The Bertz CT molecular complexity index is 1190. The minimum absolute atomic E-state index is 0.0197. The van der Waals surface area contributed by atoms with Crippen molar-refractivity contribution in [3.8, 4) is 0 Å². The van der Waals surface area contributed by atoms with Crippen molar-refractivity contribution in [2.75, 3.05) is 20.2 Å². The van der Waals surface area contributed by atoms with Gasteiger partial charge < -0.3 is 9.84 Å². The third kappa shape index (κ3) is 3.99. The molecule has 182 valence electrons. The van der Waals surface area contributed by atoms with E-state index < -0.39 is 11.0 Å². The fourth-order valence-electron chi connectivity index (χ4n) is 6.70. The van der Waals surface area contributed by atoms with Crippen LogP contribution < -0.4 is 0 Å². The highest BCUT2D eigenvalue weighted by Gasteiger charge is 2.66. The molecule has 0 amide bonds. The number of methoxy groups -OCH3 is 1. The topological polar surface area (TPSA) is 49.8 Å². The Balaban J connectivity index is 1.64. The second-order valence-corrected chi connectivity index (χ2v) is 10.5. The summed E-state index contributed by atoms with van der Waals surface area (Å²) < 4.78 is 5.54. The van der Waals surface area contributed by atoms with E-state index in [4.69, 9.17) is 4.74 Å². The summed E-state index contributed by atoms with van der Waals surface area (Å²) in [7, 11) is 1.49. The van der Waals surface area contributed by atoms with E-state index in [2.05, 4.69) is 55.1 Å². The van der Waals surface area contributed by atoms with Crippen LogP contribution in [0.5, 0.6) is 0 Å². The van der Waals surface area contributed by atoms with Crippen molar-refractivity contribution in [3.63, 3.8) is 0 Å². The monoisotopic (exact) mass is 469 g/mol. The normalized spacial score (nSPS) is 28.5. The van der Waals surface area contributed by atoms with Crippen molar-refractivity contribution in [1.82, 2.24) is 4.90 Å². The average molecular weight is 470 g/mol. The predicted molar refractivity (Wildman–Crippen MR) is 138 cm³/mol. The van der Waals surface area contributed by atoms with Gasteiger partial charge in [-0.05, 0) is 54.5 Å². The Morgan fingerprint density at radius 2 is 1.69 bits per heavy atom. The molecule has 1 heterocycles. The first-order valence-electron chi connectivity index (χ1n) is 12.6. The molecule has 3 aromatic carbocycles. The maximum absolute atomic E-state index is 13.8. The molecule has 1 N–H and O–H groups in total. The standard InChI is InChI=1S/C31H35NO3/c1-22-14-15-26(18-23(22)2)31(34)17-16-27(25-12-8-5-9-13-25)30(29(33)35-3)21-32(20-28(30)31)19-24-10-6-4-7-11-24/h4-15,18,27-28,34H,16-17,19-21H2,1-3H3. The van der Waals surface area contributed by atoms with Crippen LogP contribution in [0, 0.1) is 25.2 Å². The predicted octanol–water partition coefficient (Wildman–Crippen LogP) is 5.36. The number of aliphatic hydroxyl groups is 1. The SMILES string of the molecule is COC(=O)C12CN(Cc3ccccc3)CC1C(O)(c1ccc(C)c(C)c1)CCC2c1ccccc1. The molecule has 2 fully saturated rings. The number of likely N-dealkylation sites (tertiary alicyclic amines) is 1. The molecule has 1 aliphatic heterocycles. The van der Waals surface area contributed by atoms with Gasteiger partial charge in [0.15, 0.2) is 0 Å². The quantitative estimate of drug-likeness (QED) is 0.511. The van der Waals surface area contributed by atoms with Crippen LogP contribution in [0.3, 0.4) is 0 Å². The van der Waals surface area contributed by atoms with E-state index in [0.29, 0.717) is 19.5 Å². The Morgan fingerprint density at radius 1 is 1.00 bits per heavy atom. The fraction of sp³-hybridized carbons (Fsp3) is 0.387. The van der Waals surface area contributed by atoms with E-state index in [0.717, 1.165) is 29.7 Å². The summed E-state index contributed by atoms with van der Waals surface area (Å²) in [6, 6.07) is 26.9. The Hall–Kier alpha value is -2.95. The smallest absolute Gasteiger partial charge is 0.314 e. The van der Waals surface area contributed by atoms with Crippen LogP contribution >= 0.6 is 0 Å².